The molecule has 104 valence electrons. The summed E-state index contributed by atoms with van der Waals surface area (Å²) in [6.07, 6.45) is -3.81. The topological polar surface area (TPSA) is 141 Å². The van der Waals surface area contributed by atoms with E-state index in [1.54, 1.807) is 0 Å². The Morgan fingerprint density at radius 2 is 2.00 bits per heavy atom. The van der Waals surface area contributed by atoms with E-state index < -0.39 is 41.8 Å². The molecule has 4 N–H and O–H groups in total. The molecule has 0 aromatic heterocycles. The molecule has 8 heteroatoms. The first kappa shape index (κ1) is 15.0. The van der Waals surface area contributed by atoms with Crippen LogP contribution in [-0.2, 0) is 11.4 Å². The van der Waals surface area contributed by atoms with Crippen molar-refractivity contribution in [1.82, 2.24) is 0 Å². The summed E-state index contributed by atoms with van der Waals surface area (Å²) < 4.78 is 0. The SMILES string of the molecule is O=C(O)CC(O)C(O)c1ccc(CO)c([N+](=O)[O-])c1. The van der Waals surface area contributed by atoms with E-state index in [0.29, 0.717) is 0 Å². The molecule has 0 aliphatic rings. The summed E-state index contributed by atoms with van der Waals surface area (Å²) >= 11 is 0. The Morgan fingerprint density at radius 3 is 2.47 bits per heavy atom. The number of nitro groups is 1. The van der Waals surface area contributed by atoms with E-state index in [2.05, 4.69) is 0 Å². The van der Waals surface area contributed by atoms with Crippen LogP contribution in [0.5, 0.6) is 0 Å². The zero-order valence-corrected chi connectivity index (χ0v) is 9.76. The zero-order valence-electron chi connectivity index (χ0n) is 9.76. The van der Waals surface area contributed by atoms with E-state index in [-0.39, 0.29) is 11.1 Å². The number of nitrogens with zero attached hydrogens (tertiary/aromatic N) is 1. The maximum absolute atomic E-state index is 10.8. The fourth-order valence-corrected chi connectivity index (χ4v) is 1.58. The smallest absolute Gasteiger partial charge is 0.306 e. The molecule has 0 bridgehead atoms. The van der Waals surface area contributed by atoms with Gasteiger partial charge in [0.15, 0.2) is 0 Å². The van der Waals surface area contributed by atoms with Gasteiger partial charge in [0.05, 0.1) is 29.6 Å². The van der Waals surface area contributed by atoms with Gasteiger partial charge in [0, 0.05) is 6.07 Å². The van der Waals surface area contributed by atoms with E-state index in [1.807, 2.05) is 0 Å². The van der Waals surface area contributed by atoms with Gasteiger partial charge in [-0.05, 0) is 11.6 Å². The lowest BCUT2D eigenvalue weighted by atomic mass is 10.00. The molecule has 0 heterocycles. The van der Waals surface area contributed by atoms with Crippen molar-refractivity contribution in [2.24, 2.45) is 0 Å². The van der Waals surface area contributed by atoms with Gasteiger partial charge in [-0.2, -0.15) is 0 Å². The molecule has 0 radical (unpaired) electrons. The summed E-state index contributed by atoms with van der Waals surface area (Å²) in [5, 5.41) is 47.3. The largest absolute Gasteiger partial charge is 0.481 e. The normalized spacial score (nSPS) is 13.8. The molecular weight excluding hydrogens is 258 g/mol. The summed E-state index contributed by atoms with van der Waals surface area (Å²) in [4.78, 5) is 20.4. The Morgan fingerprint density at radius 1 is 1.37 bits per heavy atom. The third-order valence-corrected chi connectivity index (χ3v) is 2.57. The van der Waals surface area contributed by atoms with Crippen molar-refractivity contribution >= 4 is 11.7 Å². The Hall–Kier alpha value is -2.03. The number of nitro benzene ring substituents is 1. The van der Waals surface area contributed by atoms with Crippen LogP contribution in [0.4, 0.5) is 5.69 Å². The van der Waals surface area contributed by atoms with Gasteiger partial charge in [-0.3, -0.25) is 14.9 Å². The Balaban J connectivity index is 3.04. The summed E-state index contributed by atoms with van der Waals surface area (Å²) in [5.41, 5.74) is -0.326. The van der Waals surface area contributed by atoms with Crippen molar-refractivity contribution in [2.75, 3.05) is 0 Å². The van der Waals surface area contributed by atoms with Gasteiger partial charge in [0.1, 0.15) is 6.10 Å². The summed E-state index contributed by atoms with van der Waals surface area (Å²) in [6, 6.07) is 3.53. The molecule has 0 amide bonds. The molecule has 0 saturated carbocycles. The maximum Gasteiger partial charge on any atom is 0.306 e. The number of aliphatic hydroxyl groups is 3. The number of hydrogen-bond donors (Lipinski definition) is 4. The highest BCUT2D eigenvalue weighted by Crippen LogP contribution is 2.26. The van der Waals surface area contributed by atoms with Gasteiger partial charge in [-0.15, -0.1) is 0 Å². The lowest BCUT2D eigenvalue weighted by Crippen LogP contribution is -2.21. The zero-order chi connectivity index (χ0) is 14.6. The van der Waals surface area contributed by atoms with E-state index >= 15 is 0 Å². The minimum atomic E-state index is -1.57. The molecular formula is C11H13NO7. The Bertz CT molecular complexity index is 488. The third kappa shape index (κ3) is 3.71. The number of aliphatic hydroxyl groups excluding tert-OH is 3. The van der Waals surface area contributed by atoms with Crippen molar-refractivity contribution in [1.29, 1.82) is 0 Å². The molecule has 0 aliphatic carbocycles. The van der Waals surface area contributed by atoms with E-state index in [1.165, 1.54) is 12.1 Å². The van der Waals surface area contributed by atoms with Crippen LogP contribution in [0.2, 0.25) is 0 Å². The molecule has 0 saturated heterocycles. The first-order valence-corrected chi connectivity index (χ1v) is 5.32. The first-order chi connectivity index (χ1) is 8.86. The number of rotatable bonds is 6. The van der Waals surface area contributed by atoms with Crippen molar-refractivity contribution < 1.29 is 30.1 Å². The molecule has 2 unspecified atom stereocenters. The van der Waals surface area contributed by atoms with Gasteiger partial charge in [0.2, 0.25) is 0 Å². The number of hydrogen-bond acceptors (Lipinski definition) is 6. The number of carboxylic acids is 1. The first-order valence-electron chi connectivity index (χ1n) is 5.32. The van der Waals surface area contributed by atoms with E-state index in [9.17, 15) is 25.1 Å². The van der Waals surface area contributed by atoms with Gasteiger partial charge in [-0.25, -0.2) is 0 Å². The van der Waals surface area contributed by atoms with Crippen LogP contribution in [-0.4, -0.2) is 37.4 Å². The fourth-order valence-electron chi connectivity index (χ4n) is 1.58. The minimum Gasteiger partial charge on any atom is -0.481 e. The fraction of sp³-hybridized carbons (Fsp3) is 0.364. The molecule has 1 aromatic carbocycles. The molecule has 8 nitrogen and oxygen atoms in total. The summed E-state index contributed by atoms with van der Waals surface area (Å²) in [6.45, 7) is -0.537. The molecule has 0 aliphatic heterocycles. The average molecular weight is 271 g/mol. The highest BCUT2D eigenvalue weighted by Gasteiger charge is 2.24. The van der Waals surface area contributed by atoms with Crippen molar-refractivity contribution in [3.05, 3.63) is 39.4 Å². The van der Waals surface area contributed by atoms with Crippen LogP contribution >= 0.6 is 0 Å². The predicted octanol–water partition coefficient (Wildman–Crippen LogP) is -0.0439. The molecule has 2 atom stereocenters. The highest BCUT2D eigenvalue weighted by molar-refractivity contribution is 5.67. The van der Waals surface area contributed by atoms with Crippen LogP contribution in [0.3, 0.4) is 0 Å². The van der Waals surface area contributed by atoms with Crippen molar-refractivity contribution in [3.8, 4) is 0 Å². The van der Waals surface area contributed by atoms with Gasteiger partial charge in [-0.1, -0.05) is 6.07 Å². The number of carboxylic acid groups (broad SMARTS) is 1. The van der Waals surface area contributed by atoms with Crippen LogP contribution in [0.1, 0.15) is 23.7 Å². The number of carbonyl (C=O) groups is 1. The predicted molar refractivity (Wildman–Crippen MR) is 62.2 cm³/mol. The quantitative estimate of drug-likeness (QED) is 0.420. The Kier molecular flexibility index (Phi) is 4.93. The maximum atomic E-state index is 10.8. The highest BCUT2D eigenvalue weighted by atomic mass is 16.6. The molecule has 1 aromatic rings. The second kappa shape index (κ2) is 6.23. The Labute approximate surface area is 107 Å². The van der Waals surface area contributed by atoms with Crippen LogP contribution in [0.15, 0.2) is 18.2 Å². The summed E-state index contributed by atoms with van der Waals surface area (Å²) in [5.74, 6) is -1.30. The molecule has 0 spiro atoms. The molecule has 19 heavy (non-hydrogen) atoms. The van der Waals surface area contributed by atoms with Crippen molar-refractivity contribution in [2.45, 2.75) is 25.2 Å². The van der Waals surface area contributed by atoms with Crippen LogP contribution < -0.4 is 0 Å². The van der Waals surface area contributed by atoms with Gasteiger partial charge >= 0.3 is 5.97 Å². The minimum absolute atomic E-state index is 0.0117. The lowest BCUT2D eigenvalue weighted by Gasteiger charge is -2.16. The molecule has 1 rings (SSSR count). The van der Waals surface area contributed by atoms with Gasteiger partial charge < -0.3 is 20.4 Å². The van der Waals surface area contributed by atoms with E-state index in [4.69, 9.17) is 10.2 Å². The number of aliphatic carboxylic acids is 1. The standard InChI is InChI=1S/C11H13NO7/c13-5-7-2-1-6(3-8(7)12(18)19)11(17)9(14)4-10(15)16/h1-3,9,11,13-14,17H,4-5H2,(H,15,16). The van der Waals surface area contributed by atoms with E-state index in [0.717, 1.165) is 6.07 Å². The second-order valence-electron chi connectivity index (χ2n) is 3.91. The summed E-state index contributed by atoms with van der Waals surface area (Å²) in [7, 11) is 0. The third-order valence-electron chi connectivity index (χ3n) is 2.57. The van der Waals surface area contributed by atoms with Crippen molar-refractivity contribution in [3.63, 3.8) is 0 Å². The lowest BCUT2D eigenvalue weighted by molar-refractivity contribution is -0.386. The average Bonchev–Trinajstić information content (AvgIpc) is 2.36. The van der Waals surface area contributed by atoms with Crippen LogP contribution in [0.25, 0.3) is 0 Å². The second-order valence-corrected chi connectivity index (χ2v) is 3.91. The van der Waals surface area contributed by atoms with Gasteiger partial charge in [0.25, 0.3) is 5.69 Å². The van der Waals surface area contributed by atoms with Crippen LogP contribution in [0, 0.1) is 10.1 Å². The number of benzene rings is 1. The molecule has 0 fully saturated rings. The monoisotopic (exact) mass is 271 g/mol.